The second-order valence-electron chi connectivity index (χ2n) is 4.45. The van der Waals surface area contributed by atoms with Gasteiger partial charge in [0.15, 0.2) is 0 Å². The number of hydrogen-bond donors (Lipinski definition) is 1. The fourth-order valence-electron chi connectivity index (χ4n) is 2.33. The van der Waals surface area contributed by atoms with Crippen LogP contribution in [0.3, 0.4) is 0 Å². The predicted octanol–water partition coefficient (Wildman–Crippen LogP) is 3.97. The first-order chi connectivity index (χ1) is 8.75. The number of rotatable bonds is 1. The summed E-state index contributed by atoms with van der Waals surface area (Å²) >= 11 is 3.36. The molecule has 2 aromatic carbocycles. The van der Waals surface area contributed by atoms with E-state index >= 15 is 0 Å². The third kappa shape index (κ3) is 2.04. The summed E-state index contributed by atoms with van der Waals surface area (Å²) in [4.78, 5) is 0. The van der Waals surface area contributed by atoms with Gasteiger partial charge < -0.3 is 9.84 Å². The second kappa shape index (κ2) is 4.75. The van der Waals surface area contributed by atoms with Gasteiger partial charge in [-0.1, -0.05) is 36.4 Å². The molecule has 0 fully saturated rings. The van der Waals surface area contributed by atoms with Gasteiger partial charge in [-0.05, 0) is 33.1 Å². The lowest BCUT2D eigenvalue weighted by molar-refractivity contribution is 0.0266. The maximum Gasteiger partial charge on any atom is 0.133 e. The Hall–Kier alpha value is -1.32. The van der Waals surface area contributed by atoms with Crippen LogP contribution in [0.4, 0.5) is 0 Å². The zero-order valence-electron chi connectivity index (χ0n) is 9.77. The maximum absolute atomic E-state index is 10.1. The van der Waals surface area contributed by atoms with Gasteiger partial charge in [-0.15, -0.1) is 0 Å². The number of phenolic OH excluding ortho intramolecular Hbond substituents is 1. The summed E-state index contributed by atoms with van der Waals surface area (Å²) in [5, 5.41) is 10.1. The van der Waals surface area contributed by atoms with Crippen LogP contribution in [-0.2, 0) is 17.8 Å². The van der Waals surface area contributed by atoms with E-state index in [1.54, 1.807) is 0 Å². The van der Waals surface area contributed by atoms with Crippen LogP contribution in [0.15, 0.2) is 46.9 Å². The minimum atomic E-state index is 0.0268. The summed E-state index contributed by atoms with van der Waals surface area (Å²) in [6.07, 6.45) is 0.740. The largest absolute Gasteiger partial charge is 0.506 e. The highest BCUT2D eigenvalue weighted by Gasteiger charge is 2.23. The van der Waals surface area contributed by atoms with E-state index in [-0.39, 0.29) is 6.10 Å². The van der Waals surface area contributed by atoms with Crippen LogP contribution in [0.25, 0.3) is 0 Å². The van der Waals surface area contributed by atoms with Gasteiger partial charge in [-0.2, -0.15) is 0 Å². The van der Waals surface area contributed by atoms with Crippen LogP contribution in [-0.4, -0.2) is 5.11 Å². The molecular formula is C15H13BrO2. The van der Waals surface area contributed by atoms with Crippen molar-refractivity contribution in [2.45, 2.75) is 19.1 Å². The molecule has 3 heteroatoms. The van der Waals surface area contributed by atoms with E-state index in [9.17, 15) is 5.11 Å². The summed E-state index contributed by atoms with van der Waals surface area (Å²) in [5.41, 5.74) is 3.22. The molecule has 1 N–H and O–H groups in total. The van der Waals surface area contributed by atoms with E-state index in [0.29, 0.717) is 18.8 Å². The minimum absolute atomic E-state index is 0.0268. The lowest BCUT2D eigenvalue weighted by Crippen LogP contribution is -2.15. The molecule has 1 heterocycles. The van der Waals surface area contributed by atoms with E-state index in [1.165, 1.54) is 0 Å². The highest BCUT2D eigenvalue weighted by atomic mass is 79.9. The van der Waals surface area contributed by atoms with Gasteiger partial charge in [-0.25, -0.2) is 0 Å². The van der Waals surface area contributed by atoms with Crippen molar-refractivity contribution in [3.63, 3.8) is 0 Å². The van der Waals surface area contributed by atoms with Crippen molar-refractivity contribution in [1.82, 2.24) is 0 Å². The van der Waals surface area contributed by atoms with Crippen LogP contribution in [0.1, 0.15) is 22.8 Å². The smallest absolute Gasteiger partial charge is 0.133 e. The van der Waals surface area contributed by atoms with Gasteiger partial charge in [0.05, 0.1) is 17.2 Å². The molecule has 0 aromatic heterocycles. The van der Waals surface area contributed by atoms with Crippen LogP contribution < -0.4 is 0 Å². The minimum Gasteiger partial charge on any atom is -0.506 e. The van der Waals surface area contributed by atoms with Crippen molar-refractivity contribution in [1.29, 1.82) is 0 Å². The summed E-state index contributed by atoms with van der Waals surface area (Å²) < 4.78 is 6.60. The Morgan fingerprint density at radius 1 is 1.11 bits per heavy atom. The first kappa shape index (κ1) is 11.8. The number of aromatic hydroxyl groups is 1. The maximum atomic E-state index is 10.1. The van der Waals surface area contributed by atoms with Gasteiger partial charge in [0.25, 0.3) is 0 Å². The fourth-order valence-corrected chi connectivity index (χ4v) is 2.70. The zero-order chi connectivity index (χ0) is 12.5. The quantitative estimate of drug-likeness (QED) is 0.864. The number of benzene rings is 2. The predicted molar refractivity (Wildman–Crippen MR) is 73.5 cm³/mol. The van der Waals surface area contributed by atoms with Crippen LogP contribution in [0, 0.1) is 0 Å². The standard InChI is InChI=1S/C15H13BrO2/c16-13-7-6-11-9-18-14(8-12(11)15(13)17)10-4-2-1-3-5-10/h1-7,14,17H,8-9H2/t14-/m1/s1. The fraction of sp³-hybridized carbons (Fsp3) is 0.200. The molecule has 2 aromatic rings. The van der Waals surface area contributed by atoms with Crippen molar-refractivity contribution in [2.75, 3.05) is 0 Å². The van der Waals surface area contributed by atoms with E-state index in [2.05, 4.69) is 28.1 Å². The summed E-state index contributed by atoms with van der Waals surface area (Å²) in [6.45, 7) is 0.551. The average Bonchev–Trinajstić information content (AvgIpc) is 2.44. The molecule has 1 aliphatic rings. The van der Waals surface area contributed by atoms with Gasteiger partial charge in [0.1, 0.15) is 5.75 Å². The van der Waals surface area contributed by atoms with Gasteiger partial charge in [0, 0.05) is 12.0 Å². The van der Waals surface area contributed by atoms with Crippen molar-refractivity contribution in [2.24, 2.45) is 0 Å². The third-order valence-corrected chi connectivity index (χ3v) is 3.97. The molecule has 0 saturated carbocycles. The molecule has 0 saturated heterocycles. The Labute approximate surface area is 114 Å². The van der Waals surface area contributed by atoms with Crippen molar-refractivity contribution >= 4 is 15.9 Å². The highest BCUT2D eigenvalue weighted by Crippen LogP contribution is 2.38. The molecule has 0 aliphatic carbocycles. The van der Waals surface area contributed by atoms with E-state index in [4.69, 9.17) is 4.74 Å². The number of hydrogen-bond acceptors (Lipinski definition) is 2. The van der Waals surface area contributed by atoms with Crippen LogP contribution >= 0.6 is 15.9 Å². The van der Waals surface area contributed by atoms with Gasteiger partial charge >= 0.3 is 0 Å². The summed E-state index contributed by atoms with van der Waals surface area (Å²) in [7, 11) is 0. The van der Waals surface area contributed by atoms with E-state index < -0.39 is 0 Å². The Kier molecular flexibility index (Phi) is 3.10. The van der Waals surface area contributed by atoms with Gasteiger partial charge in [-0.3, -0.25) is 0 Å². The molecule has 2 nitrogen and oxygen atoms in total. The molecule has 1 aliphatic heterocycles. The van der Waals surface area contributed by atoms with Crippen LogP contribution in [0.2, 0.25) is 0 Å². The molecule has 0 bridgehead atoms. The molecule has 3 rings (SSSR count). The second-order valence-corrected chi connectivity index (χ2v) is 5.30. The van der Waals surface area contributed by atoms with Crippen molar-refractivity contribution < 1.29 is 9.84 Å². The molecular weight excluding hydrogens is 292 g/mol. The Morgan fingerprint density at radius 3 is 2.67 bits per heavy atom. The molecule has 0 amide bonds. The monoisotopic (exact) mass is 304 g/mol. The molecule has 0 unspecified atom stereocenters. The first-order valence-electron chi connectivity index (χ1n) is 5.91. The Morgan fingerprint density at radius 2 is 1.89 bits per heavy atom. The number of fused-ring (bicyclic) bond motifs is 1. The SMILES string of the molecule is Oc1c(Br)ccc2c1C[C@H](c1ccccc1)OC2. The van der Waals surface area contributed by atoms with E-state index in [1.807, 2.05) is 30.3 Å². The average molecular weight is 305 g/mol. The third-order valence-electron chi connectivity index (χ3n) is 3.33. The van der Waals surface area contributed by atoms with Crippen LogP contribution in [0.5, 0.6) is 5.75 Å². The van der Waals surface area contributed by atoms with Crippen molar-refractivity contribution in [3.8, 4) is 5.75 Å². The summed E-state index contributed by atoms with van der Waals surface area (Å²) in [5.74, 6) is 0.344. The van der Waals surface area contributed by atoms with E-state index in [0.717, 1.165) is 21.2 Å². The highest BCUT2D eigenvalue weighted by molar-refractivity contribution is 9.10. The Bertz CT molecular complexity index is 566. The molecule has 1 atom stereocenters. The first-order valence-corrected chi connectivity index (χ1v) is 6.71. The molecule has 0 spiro atoms. The number of phenols is 1. The van der Waals surface area contributed by atoms with Gasteiger partial charge in [0.2, 0.25) is 0 Å². The molecule has 92 valence electrons. The van der Waals surface area contributed by atoms with Crippen molar-refractivity contribution in [3.05, 3.63) is 63.6 Å². The molecule has 18 heavy (non-hydrogen) atoms. The Balaban J connectivity index is 1.96. The number of halogens is 1. The lowest BCUT2D eigenvalue weighted by atomic mass is 9.94. The number of ether oxygens (including phenoxy) is 1. The normalized spacial score (nSPS) is 18.4. The summed E-state index contributed by atoms with van der Waals surface area (Å²) in [6, 6.07) is 14.0. The lowest BCUT2D eigenvalue weighted by Gasteiger charge is -2.26. The molecule has 0 radical (unpaired) electrons. The topological polar surface area (TPSA) is 29.5 Å². The zero-order valence-corrected chi connectivity index (χ0v) is 11.4.